The minimum atomic E-state index is -4.33. The number of nitriles is 1. The second kappa shape index (κ2) is 6.39. The number of rotatable bonds is 3. The predicted octanol–water partition coefficient (Wildman–Crippen LogP) is 3.58. The van der Waals surface area contributed by atoms with Crippen molar-refractivity contribution in [3.8, 4) is 6.07 Å². The maximum absolute atomic E-state index is 14.5. The first-order chi connectivity index (χ1) is 11.8. The maximum Gasteiger partial charge on any atom is 0.241 e. The van der Waals surface area contributed by atoms with Crippen LogP contribution in [-0.4, -0.2) is 8.42 Å². The second-order valence-corrected chi connectivity index (χ2v) is 7.34. The molecule has 128 valence electrons. The Morgan fingerprint density at radius 3 is 2.24 bits per heavy atom. The topological polar surface area (TPSA) is 83.9 Å². The highest BCUT2D eigenvalue weighted by atomic mass is 32.2. The van der Waals surface area contributed by atoms with E-state index >= 15 is 0 Å². The number of hydrogen-bond donors (Lipinski definition) is 1. The Morgan fingerprint density at radius 2 is 1.64 bits per heavy atom. The van der Waals surface area contributed by atoms with Crippen molar-refractivity contribution in [2.24, 2.45) is 5.14 Å². The Labute approximate surface area is 144 Å². The van der Waals surface area contributed by atoms with Crippen molar-refractivity contribution in [2.75, 3.05) is 0 Å². The van der Waals surface area contributed by atoms with Crippen LogP contribution >= 0.6 is 0 Å². The van der Waals surface area contributed by atoms with E-state index in [1.54, 1.807) is 24.3 Å². The highest BCUT2D eigenvalue weighted by Crippen LogP contribution is 2.41. The number of hydrogen-bond acceptors (Lipinski definition) is 3. The van der Waals surface area contributed by atoms with Gasteiger partial charge in [0, 0.05) is 5.56 Å². The van der Waals surface area contributed by atoms with Gasteiger partial charge in [-0.3, -0.25) is 0 Å². The van der Waals surface area contributed by atoms with E-state index in [4.69, 9.17) is 10.4 Å². The van der Waals surface area contributed by atoms with Gasteiger partial charge in [0.25, 0.3) is 0 Å². The van der Waals surface area contributed by atoms with Gasteiger partial charge in [-0.1, -0.05) is 12.1 Å². The summed E-state index contributed by atoms with van der Waals surface area (Å²) in [5, 5.41) is 13.8. The molecule has 2 aromatic rings. The molecule has 3 rings (SSSR count). The maximum atomic E-state index is 14.5. The molecule has 1 aliphatic rings. The summed E-state index contributed by atoms with van der Waals surface area (Å²) < 4.78 is 51.2. The summed E-state index contributed by atoms with van der Waals surface area (Å²) in [6, 6.07) is 10.4. The van der Waals surface area contributed by atoms with Gasteiger partial charge in [0.2, 0.25) is 10.0 Å². The minimum Gasteiger partial charge on any atom is -0.225 e. The summed E-state index contributed by atoms with van der Waals surface area (Å²) in [7, 11) is -4.33. The summed E-state index contributed by atoms with van der Waals surface area (Å²) in [6.45, 7) is 0. The third-order valence-corrected chi connectivity index (χ3v) is 5.16. The van der Waals surface area contributed by atoms with Crippen molar-refractivity contribution in [3.63, 3.8) is 0 Å². The standard InChI is InChI=1S/C18H14F2N2O2S/c19-16-9-18(25(22,23)24)17(20)8-15(16)14-3-1-2-13(14)12-6-4-11(10-21)5-7-12/h4-9H,1-3H2,(H2,22,23,24). The highest BCUT2D eigenvalue weighted by Gasteiger charge is 2.24. The number of sulfonamides is 1. The summed E-state index contributed by atoms with van der Waals surface area (Å²) >= 11 is 0. The van der Waals surface area contributed by atoms with Crippen LogP contribution in [0.15, 0.2) is 41.3 Å². The summed E-state index contributed by atoms with van der Waals surface area (Å²) in [6.07, 6.45) is 2.03. The van der Waals surface area contributed by atoms with Crippen LogP contribution < -0.4 is 5.14 Å². The van der Waals surface area contributed by atoms with Gasteiger partial charge in [0.05, 0.1) is 11.6 Å². The number of allylic oxidation sites excluding steroid dienone is 2. The van der Waals surface area contributed by atoms with Crippen LogP contribution in [0, 0.1) is 23.0 Å². The van der Waals surface area contributed by atoms with E-state index in [9.17, 15) is 17.2 Å². The van der Waals surface area contributed by atoms with Crippen LogP contribution in [-0.2, 0) is 10.0 Å². The Hall–Kier alpha value is -2.56. The first-order valence-corrected chi connectivity index (χ1v) is 9.10. The molecule has 0 saturated carbocycles. The molecule has 0 unspecified atom stereocenters. The van der Waals surface area contributed by atoms with Crippen LogP contribution in [0.5, 0.6) is 0 Å². The van der Waals surface area contributed by atoms with E-state index in [0.717, 1.165) is 23.6 Å². The zero-order chi connectivity index (χ0) is 18.2. The quantitative estimate of drug-likeness (QED) is 0.908. The third kappa shape index (κ3) is 3.31. The average Bonchev–Trinajstić information content (AvgIpc) is 3.05. The second-order valence-electron chi connectivity index (χ2n) is 5.81. The lowest BCUT2D eigenvalue weighted by molar-refractivity contribution is 0.552. The molecular formula is C18H14F2N2O2S. The van der Waals surface area contributed by atoms with Crippen molar-refractivity contribution in [3.05, 3.63) is 64.7 Å². The fourth-order valence-corrected chi connectivity index (χ4v) is 3.68. The van der Waals surface area contributed by atoms with Gasteiger partial charge >= 0.3 is 0 Å². The molecular weight excluding hydrogens is 346 g/mol. The molecule has 0 bridgehead atoms. The molecule has 0 fully saturated rings. The van der Waals surface area contributed by atoms with Gasteiger partial charge in [0.1, 0.15) is 16.5 Å². The molecule has 0 aliphatic heterocycles. The van der Waals surface area contributed by atoms with Crippen LogP contribution in [0.1, 0.15) is 36.0 Å². The Balaban J connectivity index is 2.13. The lowest BCUT2D eigenvalue weighted by atomic mass is 9.96. The molecule has 0 spiro atoms. The Kier molecular flexibility index (Phi) is 4.41. The molecule has 0 heterocycles. The van der Waals surface area contributed by atoms with E-state index in [0.29, 0.717) is 30.0 Å². The van der Waals surface area contributed by atoms with Crippen molar-refractivity contribution < 1.29 is 17.2 Å². The lowest BCUT2D eigenvalue weighted by Crippen LogP contribution is -2.15. The highest BCUT2D eigenvalue weighted by molar-refractivity contribution is 7.89. The number of nitrogens with two attached hydrogens (primary N) is 1. The van der Waals surface area contributed by atoms with Crippen LogP contribution in [0.2, 0.25) is 0 Å². The van der Waals surface area contributed by atoms with Gasteiger partial charge in [-0.05, 0) is 60.2 Å². The summed E-state index contributed by atoms with van der Waals surface area (Å²) in [5.41, 5.74) is 2.90. The first kappa shape index (κ1) is 17.3. The van der Waals surface area contributed by atoms with Crippen LogP contribution in [0.4, 0.5) is 8.78 Å². The monoisotopic (exact) mass is 360 g/mol. The smallest absolute Gasteiger partial charge is 0.225 e. The average molecular weight is 360 g/mol. The summed E-state index contributed by atoms with van der Waals surface area (Å²) in [4.78, 5) is -0.854. The molecule has 0 saturated heterocycles. The fraction of sp³-hybridized carbons (Fsp3) is 0.167. The van der Waals surface area contributed by atoms with E-state index in [1.165, 1.54) is 0 Å². The Morgan fingerprint density at radius 1 is 1.00 bits per heavy atom. The van der Waals surface area contributed by atoms with Gasteiger partial charge in [0.15, 0.2) is 0 Å². The van der Waals surface area contributed by atoms with E-state index < -0.39 is 26.6 Å². The SMILES string of the molecule is N#Cc1ccc(C2=C(c3cc(F)c(S(N)(=O)=O)cc3F)CCC2)cc1. The van der Waals surface area contributed by atoms with Crippen LogP contribution in [0.25, 0.3) is 11.1 Å². The van der Waals surface area contributed by atoms with Crippen molar-refractivity contribution in [1.29, 1.82) is 5.26 Å². The number of nitrogens with zero attached hydrogens (tertiary/aromatic N) is 1. The molecule has 4 nitrogen and oxygen atoms in total. The summed E-state index contributed by atoms with van der Waals surface area (Å²) in [5.74, 6) is -1.90. The van der Waals surface area contributed by atoms with Crippen molar-refractivity contribution in [1.82, 2.24) is 0 Å². The van der Waals surface area contributed by atoms with Crippen molar-refractivity contribution in [2.45, 2.75) is 24.2 Å². The largest absolute Gasteiger partial charge is 0.241 e. The number of halogens is 2. The van der Waals surface area contributed by atoms with Gasteiger partial charge in [-0.25, -0.2) is 22.3 Å². The predicted molar refractivity (Wildman–Crippen MR) is 89.6 cm³/mol. The van der Waals surface area contributed by atoms with E-state index in [2.05, 4.69) is 0 Å². The molecule has 1 aliphatic carbocycles. The molecule has 0 aromatic heterocycles. The normalized spacial score (nSPS) is 14.6. The zero-order valence-corrected chi connectivity index (χ0v) is 13.9. The molecule has 7 heteroatoms. The third-order valence-electron chi connectivity index (χ3n) is 4.23. The molecule has 0 amide bonds. The Bertz CT molecular complexity index is 1020. The van der Waals surface area contributed by atoms with E-state index in [-0.39, 0.29) is 5.56 Å². The van der Waals surface area contributed by atoms with Crippen LogP contribution in [0.3, 0.4) is 0 Å². The lowest BCUT2D eigenvalue weighted by Gasteiger charge is -2.11. The molecule has 0 radical (unpaired) electrons. The van der Waals surface area contributed by atoms with Gasteiger partial charge in [-0.2, -0.15) is 5.26 Å². The molecule has 0 atom stereocenters. The number of primary sulfonamides is 1. The number of benzene rings is 2. The van der Waals surface area contributed by atoms with Gasteiger partial charge in [-0.15, -0.1) is 0 Å². The minimum absolute atomic E-state index is 0.0433. The van der Waals surface area contributed by atoms with Gasteiger partial charge < -0.3 is 0 Å². The molecule has 25 heavy (non-hydrogen) atoms. The molecule has 2 N–H and O–H groups in total. The zero-order valence-electron chi connectivity index (χ0n) is 13.1. The fourth-order valence-electron chi connectivity index (χ4n) is 3.08. The first-order valence-electron chi connectivity index (χ1n) is 7.56. The van der Waals surface area contributed by atoms with Crippen molar-refractivity contribution >= 4 is 21.2 Å². The van der Waals surface area contributed by atoms with E-state index in [1.807, 2.05) is 6.07 Å². The molecule has 2 aromatic carbocycles.